The molecule has 0 unspecified atom stereocenters. The van der Waals surface area contributed by atoms with Crippen LogP contribution in [0.1, 0.15) is 13.8 Å². The van der Waals surface area contributed by atoms with Gasteiger partial charge < -0.3 is 10.8 Å². The predicted molar refractivity (Wildman–Crippen MR) is 69.4 cm³/mol. The van der Waals surface area contributed by atoms with Crippen molar-refractivity contribution in [2.24, 2.45) is 5.92 Å². The van der Waals surface area contributed by atoms with Crippen LogP contribution in [0.5, 0.6) is 0 Å². The Kier molecular flexibility index (Phi) is 3.32. The van der Waals surface area contributed by atoms with Crippen LogP contribution in [0.15, 0.2) is 23.1 Å². The van der Waals surface area contributed by atoms with Crippen molar-refractivity contribution in [3.8, 4) is 0 Å². The molecule has 0 amide bonds. The molecule has 1 heterocycles. The third-order valence-electron chi connectivity index (χ3n) is 3.55. The van der Waals surface area contributed by atoms with E-state index in [0.717, 1.165) is 16.4 Å². The van der Waals surface area contributed by atoms with Crippen molar-refractivity contribution in [3.63, 3.8) is 0 Å². The minimum atomic E-state index is -3.94. The van der Waals surface area contributed by atoms with Gasteiger partial charge in [0.05, 0.1) is 5.60 Å². The van der Waals surface area contributed by atoms with Crippen LogP contribution < -0.4 is 5.73 Å². The number of aliphatic hydroxyl groups is 1. The molecule has 3 N–H and O–H groups in total. The number of nitrogens with zero attached hydrogens (tertiary/aromatic N) is 1. The molecule has 1 aromatic rings. The van der Waals surface area contributed by atoms with E-state index in [1.807, 2.05) is 13.8 Å². The lowest BCUT2D eigenvalue weighted by molar-refractivity contribution is -0.0933. The Bertz CT molecular complexity index is 595. The van der Waals surface area contributed by atoms with Crippen molar-refractivity contribution in [2.75, 3.05) is 18.8 Å². The largest absolute Gasteiger partial charge is 0.399 e. The van der Waals surface area contributed by atoms with Crippen molar-refractivity contribution >= 4 is 15.7 Å². The monoisotopic (exact) mass is 288 g/mol. The van der Waals surface area contributed by atoms with Crippen LogP contribution in [-0.2, 0) is 10.0 Å². The van der Waals surface area contributed by atoms with E-state index >= 15 is 0 Å². The zero-order valence-electron chi connectivity index (χ0n) is 10.8. The van der Waals surface area contributed by atoms with Crippen molar-refractivity contribution in [3.05, 3.63) is 24.0 Å². The van der Waals surface area contributed by atoms with E-state index in [1.54, 1.807) is 0 Å². The van der Waals surface area contributed by atoms with E-state index < -0.39 is 26.3 Å². The fourth-order valence-electron chi connectivity index (χ4n) is 1.96. The second-order valence-corrected chi connectivity index (χ2v) is 7.13. The second-order valence-electron chi connectivity index (χ2n) is 5.22. The molecular formula is C12H17FN2O3S. The third kappa shape index (κ3) is 2.33. The van der Waals surface area contributed by atoms with E-state index in [4.69, 9.17) is 5.73 Å². The summed E-state index contributed by atoms with van der Waals surface area (Å²) in [6.45, 7) is 3.57. The summed E-state index contributed by atoms with van der Waals surface area (Å²) in [5.74, 6) is -0.904. The Morgan fingerprint density at radius 1 is 1.42 bits per heavy atom. The number of rotatable bonds is 3. The molecule has 0 bridgehead atoms. The van der Waals surface area contributed by atoms with E-state index in [9.17, 15) is 17.9 Å². The molecule has 1 aliphatic rings. The summed E-state index contributed by atoms with van der Waals surface area (Å²) in [7, 11) is -3.94. The Hall–Kier alpha value is -1.18. The first-order valence-electron chi connectivity index (χ1n) is 5.94. The van der Waals surface area contributed by atoms with Gasteiger partial charge in [0, 0.05) is 18.8 Å². The molecule has 1 saturated heterocycles. The highest BCUT2D eigenvalue weighted by Gasteiger charge is 2.49. The van der Waals surface area contributed by atoms with Gasteiger partial charge in [0.2, 0.25) is 10.0 Å². The molecule has 1 aliphatic heterocycles. The van der Waals surface area contributed by atoms with E-state index in [0.29, 0.717) is 0 Å². The molecular weight excluding hydrogens is 271 g/mol. The molecule has 0 aliphatic carbocycles. The number of nitrogen functional groups attached to an aromatic ring is 1. The molecule has 0 aromatic heterocycles. The molecule has 0 spiro atoms. The molecule has 0 saturated carbocycles. The van der Waals surface area contributed by atoms with Crippen LogP contribution in [0.2, 0.25) is 0 Å². The van der Waals surface area contributed by atoms with Gasteiger partial charge in [-0.15, -0.1) is 0 Å². The van der Waals surface area contributed by atoms with Gasteiger partial charge in [-0.3, -0.25) is 0 Å². The molecule has 1 fully saturated rings. The maximum Gasteiger partial charge on any atom is 0.246 e. The molecule has 0 radical (unpaired) electrons. The number of nitrogens with two attached hydrogens (primary N) is 1. The molecule has 7 heteroatoms. The topological polar surface area (TPSA) is 83.6 Å². The SMILES string of the molecule is CC(C)C1(O)CN(S(=O)(=O)c2cc(N)ccc2F)C1. The molecule has 0 atom stereocenters. The quantitative estimate of drug-likeness (QED) is 0.806. The maximum absolute atomic E-state index is 13.6. The van der Waals surface area contributed by atoms with Gasteiger partial charge in [-0.2, -0.15) is 4.31 Å². The minimum absolute atomic E-state index is 0.0265. The van der Waals surface area contributed by atoms with Gasteiger partial charge in [0.1, 0.15) is 10.7 Å². The smallest absolute Gasteiger partial charge is 0.246 e. The van der Waals surface area contributed by atoms with Crippen LogP contribution in [0, 0.1) is 11.7 Å². The van der Waals surface area contributed by atoms with Crippen LogP contribution in [0.3, 0.4) is 0 Å². The molecule has 5 nitrogen and oxygen atoms in total. The summed E-state index contributed by atoms with van der Waals surface area (Å²) < 4.78 is 39.1. The maximum atomic E-state index is 13.6. The van der Waals surface area contributed by atoms with Crippen LogP contribution in [0.25, 0.3) is 0 Å². The first kappa shape index (κ1) is 14.2. The number of β-amino-alcohol motifs (C(OH)–C–C–N with tert-alkyl or cyclic N) is 1. The highest BCUT2D eigenvalue weighted by Crippen LogP contribution is 2.34. The predicted octanol–water partition coefficient (Wildman–Crippen LogP) is 0.799. The summed E-state index contributed by atoms with van der Waals surface area (Å²) >= 11 is 0. The number of sulfonamides is 1. The normalized spacial score (nSPS) is 19.4. The van der Waals surface area contributed by atoms with Crippen LogP contribution in [0.4, 0.5) is 10.1 Å². The number of halogens is 1. The van der Waals surface area contributed by atoms with Gasteiger partial charge in [-0.05, 0) is 24.1 Å². The van der Waals surface area contributed by atoms with Crippen molar-refractivity contribution in [1.82, 2.24) is 4.31 Å². The van der Waals surface area contributed by atoms with E-state index in [2.05, 4.69) is 0 Å². The number of hydrogen-bond acceptors (Lipinski definition) is 4. The Morgan fingerprint density at radius 2 is 2.00 bits per heavy atom. The molecule has 19 heavy (non-hydrogen) atoms. The van der Waals surface area contributed by atoms with Crippen molar-refractivity contribution in [1.29, 1.82) is 0 Å². The average molecular weight is 288 g/mol. The summed E-state index contributed by atoms with van der Waals surface area (Å²) in [6, 6.07) is 3.42. The highest BCUT2D eigenvalue weighted by atomic mass is 32.2. The Morgan fingerprint density at radius 3 is 2.53 bits per heavy atom. The zero-order valence-corrected chi connectivity index (χ0v) is 11.6. The summed E-state index contributed by atoms with van der Waals surface area (Å²) in [4.78, 5) is -0.446. The fourth-order valence-corrected chi connectivity index (χ4v) is 3.62. The first-order valence-corrected chi connectivity index (χ1v) is 7.38. The first-order chi connectivity index (χ1) is 8.67. The molecule has 106 valence electrons. The van der Waals surface area contributed by atoms with Gasteiger partial charge in [0.25, 0.3) is 0 Å². The van der Waals surface area contributed by atoms with Gasteiger partial charge in [0.15, 0.2) is 0 Å². The lowest BCUT2D eigenvalue weighted by atomic mass is 9.85. The zero-order chi connectivity index (χ0) is 14.4. The van der Waals surface area contributed by atoms with Gasteiger partial charge in [-0.25, -0.2) is 12.8 Å². The number of benzene rings is 1. The fraction of sp³-hybridized carbons (Fsp3) is 0.500. The average Bonchev–Trinajstić information content (AvgIpc) is 2.27. The van der Waals surface area contributed by atoms with Crippen molar-refractivity contribution < 1.29 is 17.9 Å². The lowest BCUT2D eigenvalue weighted by Crippen LogP contribution is -2.65. The third-order valence-corrected chi connectivity index (χ3v) is 5.35. The summed E-state index contributed by atoms with van der Waals surface area (Å²) in [5.41, 5.74) is 4.63. The van der Waals surface area contributed by atoms with E-state index in [1.165, 1.54) is 6.07 Å². The highest BCUT2D eigenvalue weighted by molar-refractivity contribution is 7.89. The van der Waals surface area contributed by atoms with Crippen LogP contribution >= 0.6 is 0 Å². The standard InChI is InChI=1S/C12H17FN2O3S/c1-8(2)12(16)6-15(7-12)19(17,18)11-5-9(14)3-4-10(11)13/h3-5,8,16H,6-7,14H2,1-2H3. The molecule has 1 aromatic carbocycles. The van der Waals surface area contributed by atoms with Crippen LogP contribution in [-0.4, -0.2) is 36.5 Å². The van der Waals surface area contributed by atoms with Gasteiger partial charge >= 0.3 is 0 Å². The minimum Gasteiger partial charge on any atom is -0.399 e. The molecule has 2 rings (SSSR count). The second kappa shape index (κ2) is 4.43. The van der Waals surface area contributed by atoms with Gasteiger partial charge in [-0.1, -0.05) is 13.8 Å². The lowest BCUT2D eigenvalue weighted by Gasteiger charge is -2.47. The van der Waals surface area contributed by atoms with Crippen molar-refractivity contribution in [2.45, 2.75) is 24.3 Å². The Balaban J connectivity index is 2.29. The summed E-state index contributed by atoms with van der Waals surface area (Å²) in [5, 5.41) is 10.1. The number of anilines is 1. The number of hydrogen-bond donors (Lipinski definition) is 2. The Labute approximate surface area is 111 Å². The summed E-state index contributed by atoms with van der Waals surface area (Å²) in [6.07, 6.45) is 0. The van der Waals surface area contributed by atoms with E-state index in [-0.39, 0.29) is 24.7 Å².